The molecule has 0 aliphatic carbocycles. The fraction of sp³-hybridized carbons (Fsp3) is 0.421. The SMILES string of the molecule is CCCCSc1nc2c(c(=O)[nH]c(=O)n2C)n1CC(O)COc1ccccc1. The Hall–Kier alpha value is -2.52. The molecule has 0 aliphatic rings. The predicted molar refractivity (Wildman–Crippen MR) is 109 cm³/mol. The van der Waals surface area contributed by atoms with E-state index in [2.05, 4.69) is 16.9 Å². The van der Waals surface area contributed by atoms with Crippen molar-refractivity contribution >= 4 is 22.9 Å². The van der Waals surface area contributed by atoms with Crippen LogP contribution in [0, 0.1) is 0 Å². The molecule has 0 radical (unpaired) electrons. The first-order valence-electron chi connectivity index (χ1n) is 9.19. The fourth-order valence-corrected chi connectivity index (χ4v) is 3.86. The van der Waals surface area contributed by atoms with Gasteiger partial charge in [-0.05, 0) is 18.6 Å². The van der Waals surface area contributed by atoms with Crippen LogP contribution in [0.25, 0.3) is 11.2 Å². The van der Waals surface area contributed by atoms with E-state index in [1.54, 1.807) is 11.6 Å². The Balaban J connectivity index is 1.88. The number of fused-ring (bicyclic) bond motifs is 1. The third-order valence-corrected chi connectivity index (χ3v) is 5.34. The number of rotatable bonds is 9. The average molecular weight is 404 g/mol. The van der Waals surface area contributed by atoms with E-state index in [4.69, 9.17) is 4.74 Å². The largest absolute Gasteiger partial charge is 0.491 e. The number of hydrogen-bond acceptors (Lipinski definition) is 6. The van der Waals surface area contributed by atoms with Crippen molar-refractivity contribution in [3.63, 3.8) is 0 Å². The molecule has 8 nitrogen and oxygen atoms in total. The summed E-state index contributed by atoms with van der Waals surface area (Å²) in [5.74, 6) is 1.50. The van der Waals surface area contributed by atoms with Crippen LogP contribution >= 0.6 is 11.8 Å². The second-order valence-corrected chi connectivity index (χ2v) is 7.54. The van der Waals surface area contributed by atoms with Crippen LogP contribution < -0.4 is 16.0 Å². The first-order valence-corrected chi connectivity index (χ1v) is 10.2. The third-order valence-electron chi connectivity index (χ3n) is 4.28. The van der Waals surface area contributed by atoms with Gasteiger partial charge in [-0.25, -0.2) is 9.78 Å². The topological polar surface area (TPSA) is 102 Å². The maximum atomic E-state index is 12.4. The number of thioether (sulfide) groups is 1. The number of unbranched alkanes of at least 4 members (excludes halogenated alkanes) is 1. The molecule has 9 heteroatoms. The highest BCUT2D eigenvalue weighted by atomic mass is 32.2. The van der Waals surface area contributed by atoms with E-state index in [0.717, 1.165) is 18.6 Å². The summed E-state index contributed by atoms with van der Waals surface area (Å²) < 4.78 is 8.59. The van der Waals surface area contributed by atoms with Gasteiger partial charge in [-0.3, -0.25) is 14.3 Å². The highest BCUT2D eigenvalue weighted by molar-refractivity contribution is 7.99. The highest BCUT2D eigenvalue weighted by Gasteiger charge is 2.20. The molecule has 2 N–H and O–H groups in total. The van der Waals surface area contributed by atoms with Gasteiger partial charge in [-0.1, -0.05) is 43.3 Å². The summed E-state index contributed by atoms with van der Waals surface area (Å²) in [5, 5.41) is 11.1. The van der Waals surface area contributed by atoms with Gasteiger partial charge in [0.2, 0.25) is 0 Å². The van der Waals surface area contributed by atoms with Crippen LogP contribution in [0.5, 0.6) is 5.75 Å². The van der Waals surface area contributed by atoms with E-state index in [0.29, 0.717) is 16.6 Å². The van der Waals surface area contributed by atoms with Crippen molar-refractivity contribution in [1.29, 1.82) is 0 Å². The minimum absolute atomic E-state index is 0.0758. The molecule has 1 atom stereocenters. The van der Waals surface area contributed by atoms with Gasteiger partial charge in [0.05, 0.1) is 6.54 Å². The van der Waals surface area contributed by atoms with Gasteiger partial charge in [-0.2, -0.15) is 0 Å². The number of imidazole rings is 1. The number of nitrogens with zero attached hydrogens (tertiary/aromatic N) is 3. The van der Waals surface area contributed by atoms with Crippen molar-refractivity contribution in [2.24, 2.45) is 7.05 Å². The van der Waals surface area contributed by atoms with Crippen LogP contribution in [0.4, 0.5) is 0 Å². The molecule has 28 heavy (non-hydrogen) atoms. The molecule has 0 fully saturated rings. The van der Waals surface area contributed by atoms with E-state index in [9.17, 15) is 14.7 Å². The molecule has 2 heterocycles. The van der Waals surface area contributed by atoms with Gasteiger partial charge in [0, 0.05) is 12.8 Å². The average Bonchev–Trinajstić information content (AvgIpc) is 3.04. The van der Waals surface area contributed by atoms with Crippen LogP contribution in [-0.2, 0) is 13.6 Å². The quantitative estimate of drug-likeness (QED) is 0.416. The summed E-state index contributed by atoms with van der Waals surface area (Å²) >= 11 is 1.51. The van der Waals surface area contributed by atoms with Crippen LogP contribution in [0.1, 0.15) is 19.8 Å². The molecule has 0 saturated carbocycles. The monoisotopic (exact) mass is 404 g/mol. The van der Waals surface area contributed by atoms with Crippen molar-refractivity contribution in [2.75, 3.05) is 12.4 Å². The van der Waals surface area contributed by atoms with Gasteiger partial charge in [0.15, 0.2) is 16.3 Å². The summed E-state index contributed by atoms with van der Waals surface area (Å²) in [7, 11) is 1.56. The zero-order valence-corrected chi connectivity index (χ0v) is 16.7. The number of nitrogens with one attached hydrogen (secondary N) is 1. The molecule has 150 valence electrons. The van der Waals surface area contributed by atoms with Crippen LogP contribution in [-0.4, -0.2) is 42.7 Å². The number of H-pyrrole nitrogens is 1. The van der Waals surface area contributed by atoms with Gasteiger partial charge in [-0.15, -0.1) is 0 Å². The summed E-state index contributed by atoms with van der Waals surface area (Å²) in [5.41, 5.74) is -0.437. The number of aromatic nitrogens is 4. The lowest BCUT2D eigenvalue weighted by molar-refractivity contribution is 0.0914. The lowest BCUT2D eigenvalue weighted by Crippen LogP contribution is -2.30. The van der Waals surface area contributed by atoms with E-state index < -0.39 is 17.4 Å². The zero-order chi connectivity index (χ0) is 20.1. The molecule has 0 saturated heterocycles. The maximum Gasteiger partial charge on any atom is 0.329 e. The normalized spacial score (nSPS) is 12.4. The number of aromatic amines is 1. The first kappa shape index (κ1) is 20.2. The van der Waals surface area contributed by atoms with E-state index >= 15 is 0 Å². The minimum atomic E-state index is -0.847. The molecular formula is C19H24N4O4S. The van der Waals surface area contributed by atoms with E-state index in [1.165, 1.54) is 16.3 Å². The lowest BCUT2D eigenvalue weighted by atomic mass is 10.3. The molecule has 3 rings (SSSR count). The van der Waals surface area contributed by atoms with E-state index in [1.807, 2.05) is 30.3 Å². The van der Waals surface area contributed by atoms with Gasteiger partial charge >= 0.3 is 5.69 Å². The van der Waals surface area contributed by atoms with Gasteiger partial charge in [0.1, 0.15) is 18.5 Å². The molecule has 0 aliphatic heterocycles. The summed E-state index contributed by atoms with van der Waals surface area (Å²) in [6, 6.07) is 9.22. The third kappa shape index (κ3) is 4.48. The van der Waals surface area contributed by atoms with Crippen molar-refractivity contribution in [3.05, 3.63) is 51.2 Å². The number of aryl methyl sites for hydroxylation is 1. The summed E-state index contributed by atoms with van der Waals surface area (Å²) in [6.45, 7) is 2.31. The predicted octanol–water partition coefficient (Wildman–Crippen LogP) is 1.76. The molecule has 3 aromatic rings. The highest BCUT2D eigenvalue weighted by Crippen LogP contribution is 2.23. The van der Waals surface area contributed by atoms with Gasteiger partial charge < -0.3 is 14.4 Å². The standard InChI is InChI=1S/C19H24N4O4S/c1-3-4-10-28-19-20-16-15(17(25)21-18(26)22(16)2)23(19)11-13(24)12-27-14-8-6-5-7-9-14/h5-9,13,24H,3-4,10-12H2,1-2H3,(H,21,25,26). The van der Waals surface area contributed by atoms with Crippen molar-refractivity contribution < 1.29 is 9.84 Å². The Morgan fingerprint density at radius 3 is 2.75 bits per heavy atom. The molecule has 1 aromatic carbocycles. The van der Waals surface area contributed by atoms with Crippen LogP contribution in [0.3, 0.4) is 0 Å². The van der Waals surface area contributed by atoms with Crippen molar-refractivity contribution in [3.8, 4) is 5.75 Å². The number of aliphatic hydroxyl groups is 1. The first-order chi connectivity index (χ1) is 13.5. The number of benzene rings is 1. The lowest BCUT2D eigenvalue weighted by Gasteiger charge is -2.15. The maximum absolute atomic E-state index is 12.4. The summed E-state index contributed by atoms with van der Waals surface area (Å²) in [6.07, 6.45) is 1.20. The second-order valence-electron chi connectivity index (χ2n) is 6.48. The van der Waals surface area contributed by atoms with Crippen LogP contribution in [0.15, 0.2) is 45.1 Å². The Bertz CT molecular complexity index is 1040. The molecule has 2 aromatic heterocycles. The zero-order valence-electron chi connectivity index (χ0n) is 15.9. The Labute approximate surface area is 166 Å². The Morgan fingerprint density at radius 1 is 1.29 bits per heavy atom. The summed E-state index contributed by atoms with van der Waals surface area (Å²) in [4.78, 5) is 31.1. The smallest absolute Gasteiger partial charge is 0.329 e. The van der Waals surface area contributed by atoms with Gasteiger partial charge in [0.25, 0.3) is 5.56 Å². The fourth-order valence-electron chi connectivity index (χ4n) is 2.77. The Kier molecular flexibility index (Phi) is 6.58. The second kappa shape index (κ2) is 9.11. The molecule has 0 amide bonds. The Morgan fingerprint density at radius 2 is 2.04 bits per heavy atom. The van der Waals surface area contributed by atoms with Crippen LogP contribution in [0.2, 0.25) is 0 Å². The molecular weight excluding hydrogens is 380 g/mol. The van der Waals surface area contributed by atoms with Crippen molar-refractivity contribution in [1.82, 2.24) is 19.1 Å². The number of hydrogen-bond donors (Lipinski definition) is 2. The number of aliphatic hydroxyl groups excluding tert-OH is 1. The number of para-hydroxylation sites is 1. The van der Waals surface area contributed by atoms with Crippen molar-refractivity contribution in [2.45, 2.75) is 37.6 Å². The molecule has 1 unspecified atom stereocenters. The number of ether oxygens (including phenoxy) is 1. The minimum Gasteiger partial charge on any atom is -0.491 e. The molecule has 0 spiro atoms. The molecule has 0 bridgehead atoms. The van der Waals surface area contributed by atoms with E-state index in [-0.39, 0.29) is 18.7 Å².